The highest BCUT2D eigenvalue weighted by Gasteiger charge is 2.26. The summed E-state index contributed by atoms with van der Waals surface area (Å²) in [5.74, 6) is 0.963. The molecule has 0 unspecified atom stereocenters. The first kappa shape index (κ1) is 22.6. The van der Waals surface area contributed by atoms with Crippen LogP contribution >= 0.6 is 11.3 Å². The summed E-state index contributed by atoms with van der Waals surface area (Å²) in [6.07, 6.45) is 2.80. The van der Waals surface area contributed by atoms with Crippen molar-refractivity contribution in [1.82, 2.24) is 9.29 Å². The maximum atomic E-state index is 12.8. The average molecular weight is 498 g/mol. The number of aromatic nitrogens is 1. The van der Waals surface area contributed by atoms with Gasteiger partial charge in [0.2, 0.25) is 10.0 Å². The van der Waals surface area contributed by atoms with Crippen molar-refractivity contribution in [3.05, 3.63) is 59.5 Å². The van der Waals surface area contributed by atoms with E-state index in [0.29, 0.717) is 40.8 Å². The second-order valence-corrected chi connectivity index (χ2v) is 10.8. The first-order valence-electron chi connectivity index (χ1n) is 10.9. The number of nitrogens with zero attached hydrogens (tertiary/aromatic N) is 2. The van der Waals surface area contributed by atoms with E-state index in [4.69, 9.17) is 9.15 Å². The molecule has 1 saturated heterocycles. The van der Waals surface area contributed by atoms with E-state index in [-0.39, 0.29) is 10.8 Å². The van der Waals surface area contributed by atoms with E-state index in [9.17, 15) is 13.2 Å². The fraction of sp³-hybridized carbons (Fsp3) is 0.250. The van der Waals surface area contributed by atoms with Gasteiger partial charge in [0.25, 0.3) is 5.91 Å². The topological polar surface area (TPSA) is 102 Å². The van der Waals surface area contributed by atoms with Crippen molar-refractivity contribution in [3.63, 3.8) is 0 Å². The second kappa shape index (κ2) is 9.21. The molecule has 1 fully saturated rings. The molecule has 0 aliphatic carbocycles. The largest absolute Gasteiger partial charge is 0.497 e. The Kier molecular flexibility index (Phi) is 6.11. The van der Waals surface area contributed by atoms with Crippen LogP contribution in [-0.2, 0) is 10.0 Å². The van der Waals surface area contributed by atoms with Gasteiger partial charge in [-0.25, -0.2) is 13.4 Å². The summed E-state index contributed by atoms with van der Waals surface area (Å²) in [4.78, 5) is 17.4. The Morgan fingerprint density at radius 2 is 1.85 bits per heavy atom. The van der Waals surface area contributed by atoms with Gasteiger partial charge in [0.15, 0.2) is 10.9 Å². The Morgan fingerprint density at radius 1 is 1.09 bits per heavy atom. The normalized spacial score (nSPS) is 14.9. The van der Waals surface area contributed by atoms with Crippen LogP contribution in [0.1, 0.15) is 29.6 Å². The van der Waals surface area contributed by atoms with E-state index in [1.165, 1.54) is 39.9 Å². The smallest absolute Gasteiger partial charge is 0.257 e. The zero-order valence-corrected chi connectivity index (χ0v) is 20.1. The number of hydrogen-bond donors (Lipinski definition) is 1. The van der Waals surface area contributed by atoms with Gasteiger partial charge >= 0.3 is 0 Å². The molecule has 5 rings (SSSR count). The van der Waals surface area contributed by atoms with Crippen molar-refractivity contribution in [2.45, 2.75) is 24.2 Å². The molecule has 2 aromatic carbocycles. The number of ether oxygens (including phenoxy) is 1. The molecular formula is C24H23N3O5S2. The van der Waals surface area contributed by atoms with Gasteiger partial charge in [0.05, 0.1) is 12.0 Å². The monoisotopic (exact) mass is 497 g/mol. The molecule has 1 amide bonds. The number of benzene rings is 2. The number of carbonyl (C=O) groups is 1. The standard InChI is InChI=1S/C24H23N3O5S2/c1-31-18-7-10-21-17(13-18)14-22(32-21)20-15-33-24(25-20)26-23(28)16-5-8-19(9-6-16)34(29,30)27-11-3-2-4-12-27/h5-10,13-15H,2-4,11-12H2,1H3,(H,25,26,28). The van der Waals surface area contributed by atoms with Gasteiger partial charge in [-0.2, -0.15) is 4.31 Å². The first-order valence-corrected chi connectivity index (χ1v) is 13.2. The lowest BCUT2D eigenvalue weighted by atomic mass is 10.2. The van der Waals surface area contributed by atoms with Crippen LogP contribution in [-0.4, -0.2) is 43.8 Å². The highest BCUT2D eigenvalue weighted by atomic mass is 32.2. The molecule has 0 saturated carbocycles. The fourth-order valence-corrected chi connectivity index (χ4v) is 6.13. The average Bonchev–Trinajstić information content (AvgIpc) is 3.51. The molecule has 0 spiro atoms. The molecule has 0 bridgehead atoms. The minimum Gasteiger partial charge on any atom is -0.497 e. The number of thiazole rings is 1. The maximum Gasteiger partial charge on any atom is 0.257 e. The number of anilines is 1. The quantitative estimate of drug-likeness (QED) is 0.403. The summed E-state index contributed by atoms with van der Waals surface area (Å²) in [5.41, 5.74) is 1.68. The van der Waals surface area contributed by atoms with Crippen molar-refractivity contribution in [2.75, 3.05) is 25.5 Å². The number of methoxy groups -OCH3 is 1. The highest BCUT2D eigenvalue weighted by molar-refractivity contribution is 7.89. The van der Waals surface area contributed by atoms with Crippen LogP contribution in [0.4, 0.5) is 5.13 Å². The van der Waals surface area contributed by atoms with Crippen molar-refractivity contribution in [1.29, 1.82) is 0 Å². The number of carbonyl (C=O) groups excluding carboxylic acids is 1. The van der Waals surface area contributed by atoms with Crippen molar-refractivity contribution >= 4 is 43.4 Å². The summed E-state index contributed by atoms with van der Waals surface area (Å²) in [6.45, 7) is 1.07. The zero-order chi connectivity index (χ0) is 23.7. The molecule has 2 aromatic heterocycles. The fourth-order valence-electron chi connectivity index (χ4n) is 3.92. The van der Waals surface area contributed by atoms with Crippen LogP contribution in [0.15, 0.2) is 63.2 Å². The predicted octanol–water partition coefficient (Wildman–Crippen LogP) is 4.99. The molecule has 0 radical (unpaired) electrons. The van der Waals surface area contributed by atoms with Crippen LogP contribution in [0.3, 0.4) is 0 Å². The lowest BCUT2D eigenvalue weighted by Crippen LogP contribution is -2.35. The minimum atomic E-state index is -3.53. The summed E-state index contributed by atoms with van der Waals surface area (Å²) in [5, 5.41) is 5.89. The van der Waals surface area contributed by atoms with E-state index in [2.05, 4.69) is 10.3 Å². The lowest BCUT2D eigenvalue weighted by Gasteiger charge is -2.25. The molecule has 1 aliphatic heterocycles. The van der Waals surface area contributed by atoms with Gasteiger partial charge in [0.1, 0.15) is 17.0 Å². The minimum absolute atomic E-state index is 0.198. The predicted molar refractivity (Wildman–Crippen MR) is 131 cm³/mol. The number of nitrogens with one attached hydrogen (secondary N) is 1. The molecule has 176 valence electrons. The van der Waals surface area contributed by atoms with Crippen molar-refractivity contribution in [2.24, 2.45) is 0 Å². The Labute approximate surface area is 201 Å². The summed E-state index contributed by atoms with van der Waals surface area (Å²) in [7, 11) is -1.92. The molecule has 4 aromatic rings. The Hall–Kier alpha value is -3.21. The number of sulfonamides is 1. The van der Waals surface area contributed by atoms with Crippen molar-refractivity contribution < 1.29 is 22.4 Å². The lowest BCUT2D eigenvalue weighted by molar-refractivity contribution is 0.102. The van der Waals surface area contributed by atoms with Crippen LogP contribution in [0.2, 0.25) is 0 Å². The van der Waals surface area contributed by atoms with E-state index in [1.807, 2.05) is 24.3 Å². The van der Waals surface area contributed by atoms with Crippen LogP contribution in [0.5, 0.6) is 5.75 Å². The molecule has 1 aliphatic rings. The Morgan fingerprint density at radius 3 is 2.59 bits per heavy atom. The van der Waals surface area contributed by atoms with Gasteiger partial charge < -0.3 is 9.15 Å². The zero-order valence-electron chi connectivity index (χ0n) is 18.5. The van der Waals surface area contributed by atoms with Crippen LogP contribution in [0, 0.1) is 0 Å². The molecule has 1 N–H and O–H groups in total. The maximum absolute atomic E-state index is 12.8. The third-order valence-electron chi connectivity index (χ3n) is 5.77. The van der Waals surface area contributed by atoms with Gasteiger partial charge in [0, 0.05) is 29.4 Å². The van der Waals surface area contributed by atoms with Gasteiger partial charge in [-0.3, -0.25) is 10.1 Å². The SMILES string of the molecule is COc1ccc2oc(-c3csc(NC(=O)c4ccc(S(=O)(=O)N5CCCCC5)cc4)n3)cc2c1. The molecule has 0 atom stereocenters. The van der Waals surface area contributed by atoms with E-state index < -0.39 is 10.0 Å². The summed E-state index contributed by atoms with van der Waals surface area (Å²) < 4.78 is 38.2. The summed E-state index contributed by atoms with van der Waals surface area (Å²) in [6, 6.07) is 13.4. The van der Waals surface area contributed by atoms with Gasteiger partial charge in [-0.1, -0.05) is 6.42 Å². The molecule has 8 nitrogen and oxygen atoms in total. The Bertz CT molecular complexity index is 1440. The number of amides is 1. The van der Waals surface area contributed by atoms with Gasteiger partial charge in [-0.15, -0.1) is 11.3 Å². The molecule has 3 heterocycles. The van der Waals surface area contributed by atoms with Crippen molar-refractivity contribution in [3.8, 4) is 17.2 Å². The highest BCUT2D eigenvalue weighted by Crippen LogP contribution is 2.32. The number of piperidine rings is 1. The third kappa shape index (κ3) is 4.44. The van der Waals surface area contributed by atoms with Crippen LogP contribution in [0.25, 0.3) is 22.4 Å². The molecule has 10 heteroatoms. The third-order valence-corrected chi connectivity index (χ3v) is 8.44. The van der Waals surface area contributed by atoms with Gasteiger partial charge in [-0.05, 0) is 61.4 Å². The van der Waals surface area contributed by atoms with E-state index in [1.54, 1.807) is 12.5 Å². The number of hydrogen-bond acceptors (Lipinski definition) is 7. The second-order valence-electron chi connectivity index (χ2n) is 8.00. The van der Waals surface area contributed by atoms with E-state index >= 15 is 0 Å². The number of fused-ring (bicyclic) bond motifs is 1. The number of rotatable bonds is 6. The van der Waals surface area contributed by atoms with Crippen LogP contribution < -0.4 is 10.1 Å². The van der Waals surface area contributed by atoms with E-state index in [0.717, 1.165) is 30.4 Å². The number of furan rings is 1. The summed E-state index contributed by atoms with van der Waals surface area (Å²) >= 11 is 1.28. The Balaban J connectivity index is 1.29. The first-order chi connectivity index (χ1) is 16.4. The molecular weight excluding hydrogens is 474 g/mol. The molecule has 34 heavy (non-hydrogen) atoms.